The van der Waals surface area contributed by atoms with Gasteiger partial charge in [0.2, 0.25) is 0 Å². The number of imidazole rings is 1. The molecule has 1 aliphatic heterocycles. The van der Waals surface area contributed by atoms with Crippen LogP contribution in [-0.2, 0) is 6.54 Å². The smallest absolute Gasteiger partial charge is 0.274 e. The van der Waals surface area contributed by atoms with Gasteiger partial charge in [-0.3, -0.25) is 9.78 Å². The number of pyridine rings is 1. The molecule has 5 aromatic rings. The molecule has 0 saturated heterocycles. The third-order valence-electron chi connectivity index (χ3n) is 6.45. The maximum Gasteiger partial charge on any atom is 0.274 e. The van der Waals surface area contributed by atoms with Crippen molar-refractivity contribution in [1.29, 1.82) is 0 Å². The Morgan fingerprint density at radius 1 is 0.972 bits per heavy atom. The average Bonchev–Trinajstić information content (AvgIpc) is 3.55. The van der Waals surface area contributed by atoms with Crippen LogP contribution >= 0.6 is 0 Å². The summed E-state index contributed by atoms with van der Waals surface area (Å²) in [5, 5.41) is 16.3. The SMILES string of the molecule is O=C(c1ccc(Cn2cnc3ccccc32)cc1)N1N=C(c2cccnc2)CC1c1cccc(O)c1. The first-order valence-electron chi connectivity index (χ1n) is 11.7. The number of carbonyl (C=O) groups is 1. The van der Waals surface area contributed by atoms with Gasteiger partial charge in [-0.05, 0) is 53.6 Å². The van der Waals surface area contributed by atoms with E-state index in [1.54, 1.807) is 30.6 Å². The number of aromatic nitrogens is 3. The fourth-order valence-corrected chi connectivity index (χ4v) is 4.62. The Labute approximate surface area is 208 Å². The van der Waals surface area contributed by atoms with Crippen LogP contribution in [0.25, 0.3) is 11.0 Å². The highest BCUT2D eigenvalue weighted by molar-refractivity contribution is 6.04. The lowest BCUT2D eigenvalue weighted by Crippen LogP contribution is -2.27. The Morgan fingerprint density at radius 2 is 1.83 bits per heavy atom. The topological polar surface area (TPSA) is 83.6 Å². The Bertz CT molecular complexity index is 1570. The largest absolute Gasteiger partial charge is 0.508 e. The Hall–Kier alpha value is -4.78. The van der Waals surface area contributed by atoms with E-state index in [4.69, 9.17) is 5.10 Å². The number of para-hydroxylation sites is 2. The molecule has 0 radical (unpaired) electrons. The number of fused-ring (bicyclic) bond motifs is 1. The summed E-state index contributed by atoms with van der Waals surface area (Å²) >= 11 is 0. The molecule has 1 N–H and O–H groups in total. The van der Waals surface area contributed by atoms with Crippen molar-refractivity contribution in [2.24, 2.45) is 5.10 Å². The van der Waals surface area contributed by atoms with E-state index in [9.17, 15) is 9.90 Å². The highest BCUT2D eigenvalue weighted by Gasteiger charge is 2.34. The standard InChI is InChI=1S/C29H23N5O2/c35-24-7-3-5-22(15-24)28-16-26(23-6-4-14-30-17-23)32-34(28)29(36)21-12-10-20(11-13-21)18-33-19-31-25-8-1-2-9-27(25)33/h1-15,17,19,28,35H,16,18H2. The highest BCUT2D eigenvalue weighted by atomic mass is 16.3. The van der Waals surface area contributed by atoms with E-state index in [0.29, 0.717) is 18.5 Å². The number of phenolic OH excluding ortho intramolecular Hbond substituents is 1. The van der Waals surface area contributed by atoms with Gasteiger partial charge < -0.3 is 9.67 Å². The lowest BCUT2D eigenvalue weighted by atomic mass is 9.98. The predicted molar refractivity (Wildman–Crippen MR) is 138 cm³/mol. The number of aromatic hydroxyl groups is 1. The van der Waals surface area contributed by atoms with Gasteiger partial charge in [0.1, 0.15) is 5.75 Å². The van der Waals surface area contributed by atoms with Crippen LogP contribution in [0.1, 0.15) is 39.5 Å². The summed E-state index contributed by atoms with van der Waals surface area (Å²) in [6, 6.07) is 26.1. The van der Waals surface area contributed by atoms with Gasteiger partial charge in [0.05, 0.1) is 29.1 Å². The van der Waals surface area contributed by atoms with Crippen molar-refractivity contribution >= 4 is 22.7 Å². The minimum atomic E-state index is -0.322. The monoisotopic (exact) mass is 473 g/mol. The fourth-order valence-electron chi connectivity index (χ4n) is 4.62. The van der Waals surface area contributed by atoms with Gasteiger partial charge in [-0.25, -0.2) is 9.99 Å². The van der Waals surface area contributed by atoms with Crippen molar-refractivity contribution < 1.29 is 9.90 Å². The lowest BCUT2D eigenvalue weighted by Gasteiger charge is -2.22. The molecule has 0 bridgehead atoms. The number of hydrogen-bond acceptors (Lipinski definition) is 5. The molecule has 6 rings (SSSR count). The van der Waals surface area contributed by atoms with Gasteiger partial charge in [0.15, 0.2) is 0 Å². The summed E-state index contributed by atoms with van der Waals surface area (Å²) in [4.78, 5) is 22.3. The van der Waals surface area contributed by atoms with Crippen LogP contribution in [0.15, 0.2) is 109 Å². The molecule has 176 valence electrons. The van der Waals surface area contributed by atoms with Crippen LogP contribution in [-0.4, -0.2) is 36.3 Å². The quantitative estimate of drug-likeness (QED) is 0.381. The van der Waals surface area contributed by atoms with Crippen molar-refractivity contribution in [3.8, 4) is 5.75 Å². The van der Waals surface area contributed by atoms with E-state index in [-0.39, 0.29) is 17.7 Å². The first-order valence-corrected chi connectivity index (χ1v) is 11.7. The number of rotatable bonds is 5. The number of nitrogens with zero attached hydrogens (tertiary/aromatic N) is 5. The zero-order valence-corrected chi connectivity index (χ0v) is 19.4. The summed E-state index contributed by atoms with van der Waals surface area (Å²) < 4.78 is 2.09. The van der Waals surface area contributed by atoms with Crippen LogP contribution in [0.3, 0.4) is 0 Å². The third kappa shape index (κ3) is 4.11. The van der Waals surface area contributed by atoms with Crippen molar-refractivity contribution in [3.63, 3.8) is 0 Å². The summed E-state index contributed by atoms with van der Waals surface area (Å²) in [6.07, 6.45) is 5.83. The minimum absolute atomic E-state index is 0.158. The van der Waals surface area contributed by atoms with Crippen molar-refractivity contribution in [2.45, 2.75) is 19.0 Å². The average molecular weight is 474 g/mol. The highest BCUT2D eigenvalue weighted by Crippen LogP contribution is 2.35. The van der Waals surface area contributed by atoms with Crippen LogP contribution in [0.5, 0.6) is 5.75 Å². The van der Waals surface area contributed by atoms with Gasteiger partial charge in [0, 0.05) is 36.5 Å². The first kappa shape index (κ1) is 21.7. The molecular weight excluding hydrogens is 450 g/mol. The zero-order chi connectivity index (χ0) is 24.5. The molecule has 0 saturated carbocycles. The van der Waals surface area contributed by atoms with Crippen molar-refractivity contribution in [3.05, 3.63) is 126 Å². The van der Waals surface area contributed by atoms with Gasteiger partial charge in [-0.15, -0.1) is 0 Å². The lowest BCUT2D eigenvalue weighted by molar-refractivity contribution is 0.0711. The molecule has 2 aromatic heterocycles. The molecule has 0 aliphatic carbocycles. The van der Waals surface area contributed by atoms with E-state index in [2.05, 4.69) is 14.5 Å². The first-order chi connectivity index (χ1) is 17.7. The molecule has 1 aliphatic rings. The number of hydrogen-bond donors (Lipinski definition) is 1. The van der Waals surface area contributed by atoms with Gasteiger partial charge in [-0.2, -0.15) is 5.10 Å². The number of amides is 1. The van der Waals surface area contributed by atoms with Crippen LogP contribution in [0.4, 0.5) is 0 Å². The second-order valence-corrected chi connectivity index (χ2v) is 8.81. The number of hydrazone groups is 1. The maximum absolute atomic E-state index is 13.6. The molecule has 7 heteroatoms. The molecule has 0 fully saturated rings. The molecule has 1 amide bonds. The summed E-state index contributed by atoms with van der Waals surface area (Å²) in [7, 11) is 0. The summed E-state index contributed by atoms with van der Waals surface area (Å²) in [6.45, 7) is 0.661. The minimum Gasteiger partial charge on any atom is -0.508 e. The molecule has 7 nitrogen and oxygen atoms in total. The van der Waals surface area contributed by atoms with Crippen LogP contribution < -0.4 is 0 Å². The normalized spacial score (nSPS) is 15.3. The van der Waals surface area contributed by atoms with Gasteiger partial charge in [-0.1, -0.05) is 42.5 Å². The van der Waals surface area contributed by atoms with E-state index in [0.717, 1.165) is 33.4 Å². The molecule has 36 heavy (non-hydrogen) atoms. The van der Waals surface area contributed by atoms with Gasteiger partial charge in [0.25, 0.3) is 5.91 Å². The molecular formula is C29H23N5O2. The molecule has 1 atom stereocenters. The van der Waals surface area contributed by atoms with Crippen molar-refractivity contribution in [1.82, 2.24) is 19.5 Å². The number of carbonyl (C=O) groups excluding carboxylic acids is 1. The Balaban J connectivity index is 1.28. The molecule has 0 spiro atoms. The molecule has 1 unspecified atom stereocenters. The van der Waals surface area contributed by atoms with Crippen LogP contribution in [0, 0.1) is 0 Å². The second kappa shape index (κ2) is 9.11. The van der Waals surface area contributed by atoms with Crippen molar-refractivity contribution in [2.75, 3.05) is 0 Å². The van der Waals surface area contributed by atoms with E-state index in [1.807, 2.05) is 73.1 Å². The zero-order valence-electron chi connectivity index (χ0n) is 19.4. The Kier molecular flexibility index (Phi) is 5.50. The molecule has 3 aromatic carbocycles. The number of benzene rings is 3. The van der Waals surface area contributed by atoms with E-state index < -0.39 is 0 Å². The third-order valence-corrected chi connectivity index (χ3v) is 6.45. The van der Waals surface area contributed by atoms with E-state index >= 15 is 0 Å². The fraction of sp³-hybridized carbons (Fsp3) is 0.103. The van der Waals surface area contributed by atoms with Gasteiger partial charge >= 0.3 is 0 Å². The maximum atomic E-state index is 13.6. The molecule has 3 heterocycles. The summed E-state index contributed by atoms with van der Waals surface area (Å²) in [5.74, 6) is -0.0343. The number of phenols is 1. The second-order valence-electron chi connectivity index (χ2n) is 8.81. The summed E-state index contributed by atoms with van der Waals surface area (Å²) in [5.41, 5.74) is 6.14. The van der Waals surface area contributed by atoms with E-state index in [1.165, 1.54) is 5.01 Å². The predicted octanol–water partition coefficient (Wildman–Crippen LogP) is 5.18. The Morgan fingerprint density at radius 3 is 2.64 bits per heavy atom. The van der Waals surface area contributed by atoms with Crippen LogP contribution in [0.2, 0.25) is 0 Å².